The van der Waals surface area contributed by atoms with E-state index in [1.54, 1.807) is 12.3 Å². The third kappa shape index (κ3) is 2.93. The number of nitrogens with zero attached hydrogens (tertiary/aromatic N) is 1. The van der Waals surface area contributed by atoms with Gasteiger partial charge in [-0.25, -0.2) is 9.18 Å². The maximum atomic E-state index is 13.9. The number of aromatic carboxylic acids is 1. The molecule has 0 atom stereocenters. The van der Waals surface area contributed by atoms with E-state index in [1.165, 1.54) is 17.3 Å². The molecule has 2 rings (SSSR count). The van der Waals surface area contributed by atoms with Gasteiger partial charge in [0.05, 0.1) is 19.3 Å². The van der Waals surface area contributed by atoms with Crippen molar-refractivity contribution in [3.05, 3.63) is 47.9 Å². The highest BCUT2D eigenvalue weighted by Crippen LogP contribution is 2.21. The molecule has 1 aromatic carbocycles. The Hall–Kier alpha value is -2.01. The number of halogens is 1. The SMILES string of the molecule is C[Si](C)(C)c1ccc(-c2ccc(C(=O)O)cc2F)nc1. The molecule has 5 heteroatoms. The zero-order valence-corrected chi connectivity index (χ0v) is 12.6. The highest BCUT2D eigenvalue weighted by Gasteiger charge is 2.17. The first-order valence-corrected chi connectivity index (χ1v) is 9.79. The standard InChI is InChI=1S/C15H16FNO2Si/c1-20(2,3)11-5-7-14(17-9-11)12-6-4-10(15(18)19)8-13(12)16/h4-9H,1-3H3,(H,18,19). The predicted octanol–water partition coefficient (Wildman–Crippen LogP) is 3.13. The van der Waals surface area contributed by atoms with E-state index < -0.39 is 19.9 Å². The summed E-state index contributed by atoms with van der Waals surface area (Å²) in [4.78, 5) is 15.1. The van der Waals surface area contributed by atoms with Gasteiger partial charge in [0.1, 0.15) is 5.82 Å². The minimum absolute atomic E-state index is 0.0648. The molecule has 0 bridgehead atoms. The van der Waals surface area contributed by atoms with Crippen LogP contribution in [0.25, 0.3) is 11.3 Å². The van der Waals surface area contributed by atoms with Crippen LogP contribution in [-0.4, -0.2) is 24.1 Å². The largest absolute Gasteiger partial charge is 0.478 e. The first-order chi connectivity index (χ1) is 9.29. The highest BCUT2D eigenvalue weighted by atomic mass is 28.3. The smallest absolute Gasteiger partial charge is 0.335 e. The molecule has 0 saturated heterocycles. The minimum Gasteiger partial charge on any atom is -0.478 e. The first-order valence-electron chi connectivity index (χ1n) is 6.29. The molecule has 1 N–H and O–H groups in total. The Morgan fingerprint density at radius 1 is 1.20 bits per heavy atom. The molecule has 0 spiro atoms. The lowest BCUT2D eigenvalue weighted by molar-refractivity contribution is 0.0696. The molecule has 3 nitrogen and oxygen atoms in total. The molecule has 1 aromatic heterocycles. The van der Waals surface area contributed by atoms with Gasteiger partial charge in [0.25, 0.3) is 0 Å². The van der Waals surface area contributed by atoms with Crippen LogP contribution in [0, 0.1) is 5.82 Å². The van der Waals surface area contributed by atoms with Crippen LogP contribution in [0.1, 0.15) is 10.4 Å². The Morgan fingerprint density at radius 3 is 2.35 bits per heavy atom. The molecule has 0 saturated carbocycles. The molecule has 0 aliphatic heterocycles. The molecule has 20 heavy (non-hydrogen) atoms. The maximum absolute atomic E-state index is 13.9. The molecule has 0 unspecified atom stereocenters. The van der Waals surface area contributed by atoms with Crippen molar-refractivity contribution in [2.75, 3.05) is 0 Å². The zero-order chi connectivity index (χ0) is 14.9. The number of carboxylic acid groups (broad SMARTS) is 1. The third-order valence-electron chi connectivity index (χ3n) is 3.12. The van der Waals surface area contributed by atoms with Crippen LogP contribution in [-0.2, 0) is 0 Å². The van der Waals surface area contributed by atoms with E-state index in [0.29, 0.717) is 11.3 Å². The topological polar surface area (TPSA) is 50.2 Å². The summed E-state index contributed by atoms with van der Waals surface area (Å²) in [7, 11) is -1.43. The molecule has 0 fully saturated rings. The normalized spacial score (nSPS) is 11.4. The van der Waals surface area contributed by atoms with Crippen molar-refractivity contribution in [2.24, 2.45) is 0 Å². The van der Waals surface area contributed by atoms with Gasteiger partial charge in [0.15, 0.2) is 0 Å². The summed E-state index contributed by atoms with van der Waals surface area (Å²) in [6.45, 7) is 6.64. The van der Waals surface area contributed by atoms with Crippen LogP contribution in [0.5, 0.6) is 0 Å². The number of rotatable bonds is 3. The van der Waals surface area contributed by atoms with Gasteiger partial charge in [-0.3, -0.25) is 4.98 Å². The molecule has 0 aliphatic rings. The van der Waals surface area contributed by atoms with E-state index in [4.69, 9.17) is 5.11 Å². The van der Waals surface area contributed by atoms with Gasteiger partial charge in [0.2, 0.25) is 0 Å². The predicted molar refractivity (Wildman–Crippen MR) is 79.6 cm³/mol. The number of carboxylic acids is 1. The van der Waals surface area contributed by atoms with E-state index in [0.717, 1.165) is 6.07 Å². The number of hydrogen-bond donors (Lipinski definition) is 1. The summed E-state index contributed by atoms with van der Waals surface area (Å²) in [6.07, 6.45) is 1.78. The second-order valence-corrected chi connectivity index (χ2v) is 10.8. The van der Waals surface area contributed by atoms with Crippen LogP contribution in [0.3, 0.4) is 0 Å². The van der Waals surface area contributed by atoms with Crippen LogP contribution in [0.4, 0.5) is 4.39 Å². The highest BCUT2D eigenvalue weighted by molar-refractivity contribution is 6.88. The Balaban J connectivity index is 2.40. The van der Waals surface area contributed by atoms with Gasteiger partial charge in [-0.05, 0) is 29.5 Å². The van der Waals surface area contributed by atoms with Gasteiger partial charge in [-0.15, -0.1) is 0 Å². The van der Waals surface area contributed by atoms with Crippen molar-refractivity contribution in [3.8, 4) is 11.3 Å². The van der Waals surface area contributed by atoms with Crippen molar-refractivity contribution in [1.29, 1.82) is 0 Å². The Labute approximate surface area is 118 Å². The molecular formula is C15H16FNO2Si. The lowest BCUT2D eigenvalue weighted by Crippen LogP contribution is -2.37. The second kappa shape index (κ2) is 5.17. The Kier molecular flexibility index (Phi) is 3.72. The molecular weight excluding hydrogens is 273 g/mol. The summed E-state index contributed by atoms with van der Waals surface area (Å²) in [6, 6.07) is 7.61. The van der Waals surface area contributed by atoms with Crippen LogP contribution in [0.2, 0.25) is 19.6 Å². The van der Waals surface area contributed by atoms with E-state index in [2.05, 4.69) is 24.6 Å². The van der Waals surface area contributed by atoms with Crippen molar-refractivity contribution >= 4 is 19.2 Å². The molecule has 104 valence electrons. The lowest BCUT2D eigenvalue weighted by atomic mass is 10.1. The Bertz CT molecular complexity index is 648. The van der Waals surface area contributed by atoms with Crippen LogP contribution >= 0.6 is 0 Å². The fourth-order valence-corrected chi connectivity index (χ4v) is 2.89. The lowest BCUT2D eigenvalue weighted by Gasteiger charge is -2.16. The Morgan fingerprint density at radius 2 is 1.90 bits per heavy atom. The summed E-state index contributed by atoms with van der Waals surface area (Å²) in [5.41, 5.74) is 0.767. The number of hydrogen-bond acceptors (Lipinski definition) is 2. The molecule has 0 amide bonds. The minimum atomic E-state index is -1.43. The fraction of sp³-hybridized carbons (Fsp3) is 0.200. The summed E-state index contributed by atoms with van der Waals surface area (Å²) in [5, 5.41) is 10.0. The van der Waals surface area contributed by atoms with Gasteiger partial charge in [-0.1, -0.05) is 25.7 Å². The average molecular weight is 289 g/mol. The number of carbonyl (C=O) groups is 1. The van der Waals surface area contributed by atoms with Crippen molar-refractivity contribution in [1.82, 2.24) is 4.98 Å². The molecule has 2 aromatic rings. The second-order valence-electron chi connectivity index (χ2n) is 5.68. The monoisotopic (exact) mass is 289 g/mol. The van der Waals surface area contributed by atoms with E-state index in [9.17, 15) is 9.18 Å². The van der Waals surface area contributed by atoms with Crippen molar-refractivity contribution < 1.29 is 14.3 Å². The summed E-state index contributed by atoms with van der Waals surface area (Å²) >= 11 is 0. The molecule has 0 aliphatic carbocycles. The fourth-order valence-electron chi connectivity index (χ4n) is 1.85. The summed E-state index contributed by atoms with van der Waals surface area (Å²) < 4.78 is 13.9. The summed E-state index contributed by atoms with van der Waals surface area (Å²) in [5.74, 6) is -1.71. The van der Waals surface area contributed by atoms with Gasteiger partial charge >= 0.3 is 5.97 Å². The van der Waals surface area contributed by atoms with Crippen molar-refractivity contribution in [2.45, 2.75) is 19.6 Å². The number of aromatic nitrogens is 1. The van der Waals surface area contributed by atoms with Crippen LogP contribution < -0.4 is 5.19 Å². The number of pyridine rings is 1. The van der Waals surface area contributed by atoms with E-state index in [1.807, 2.05) is 6.07 Å². The maximum Gasteiger partial charge on any atom is 0.335 e. The average Bonchev–Trinajstić information content (AvgIpc) is 2.37. The number of benzene rings is 1. The quantitative estimate of drug-likeness (QED) is 0.883. The van der Waals surface area contributed by atoms with Gasteiger partial charge in [-0.2, -0.15) is 0 Å². The third-order valence-corrected chi connectivity index (χ3v) is 5.15. The van der Waals surface area contributed by atoms with Crippen molar-refractivity contribution in [3.63, 3.8) is 0 Å². The van der Waals surface area contributed by atoms with Gasteiger partial charge in [0, 0.05) is 11.8 Å². The van der Waals surface area contributed by atoms with E-state index >= 15 is 0 Å². The van der Waals surface area contributed by atoms with E-state index in [-0.39, 0.29) is 5.56 Å². The van der Waals surface area contributed by atoms with Crippen LogP contribution in [0.15, 0.2) is 36.5 Å². The molecule has 1 heterocycles. The first kappa shape index (κ1) is 14.4. The molecule has 0 radical (unpaired) electrons. The zero-order valence-electron chi connectivity index (χ0n) is 11.6. The van der Waals surface area contributed by atoms with Gasteiger partial charge < -0.3 is 5.11 Å².